The van der Waals surface area contributed by atoms with E-state index in [2.05, 4.69) is 41.5 Å². The largest absolute Gasteiger partial charge is 0.338 e. The fraction of sp³-hybridized carbons (Fsp3) is 0.333. The van der Waals surface area contributed by atoms with E-state index in [9.17, 15) is 4.79 Å². The molecule has 1 aliphatic carbocycles. The van der Waals surface area contributed by atoms with Gasteiger partial charge in [0, 0.05) is 72.7 Å². The molecule has 3 aromatic heterocycles. The lowest BCUT2D eigenvalue weighted by Gasteiger charge is -2.34. The van der Waals surface area contributed by atoms with Gasteiger partial charge in [-0.05, 0) is 67.4 Å². The molecule has 6 rings (SSSR count). The van der Waals surface area contributed by atoms with E-state index in [0.29, 0.717) is 17.1 Å². The summed E-state index contributed by atoms with van der Waals surface area (Å²) in [5, 5.41) is 7.59. The summed E-state index contributed by atoms with van der Waals surface area (Å²) in [6.07, 6.45) is 7.53. The maximum Gasteiger partial charge on any atom is 0.234 e. The van der Waals surface area contributed by atoms with Crippen LogP contribution >= 0.6 is 23.1 Å². The van der Waals surface area contributed by atoms with Crippen molar-refractivity contribution in [1.29, 1.82) is 0 Å². The summed E-state index contributed by atoms with van der Waals surface area (Å²) in [4.78, 5) is 41.7. The first-order valence-corrected chi connectivity index (χ1v) is 14.6. The van der Waals surface area contributed by atoms with Crippen LogP contribution in [0.1, 0.15) is 23.3 Å². The van der Waals surface area contributed by atoms with Crippen LogP contribution in [0.5, 0.6) is 0 Å². The molecule has 1 aromatic carbocycles. The number of nitrogens with one attached hydrogen (secondary N) is 2. The molecule has 1 saturated heterocycles. The summed E-state index contributed by atoms with van der Waals surface area (Å²) in [5.74, 6) is 1.40. The minimum atomic E-state index is 0.103. The molecule has 0 atom stereocenters. The molecule has 2 fully saturated rings. The molecule has 4 heterocycles. The predicted molar refractivity (Wildman–Crippen MR) is 154 cm³/mol. The average molecular weight is 560 g/mol. The first-order chi connectivity index (χ1) is 19.1. The first kappa shape index (κ1) is 25.7. The van der Waals surface area contributed by atoms with Crippen LogP contribution in [0.2, 0.25) is 0 Å². The number of anilines is 4. The Bertz CT molecular complexity index is 1420. The maximum absolute atomic E-state index is 12.1. The summed E-state index contributed by atoms with van der Waals surface area (Å²) in [7, 11) is 0. The zero-order chi connectivity index (χ0) is 26.6. The SMILES string of the molecule is Cc1cnc(Nc2nc(Sc3ccc(NC(=O)C4CC4)cc3)nc(N3CCN(Cc4cccnc4)CC3)n2)s1. The number of benzene rings is 1. The van der Waals surface area contributed by atoms with Crippen molar-refractivity contribution in [3.8, 4) is 0 Å². The van der Waals surface area contributed by atoms with Crippen molar-refractivity contribution in [2.75, 3.05) is 41.7 Å². The van der Waals surface area contributed by atoms with Gasteiger partial charge in [-0.2, -0.15) is 15.0 Å². The van der Waals surface area contributed by atoms with Gasteiger partial charge >= 0.3 is 0 Å². The maximum atomic E-state index is 12.1. The molecule has 1 saturated carbocycles. The summed E-state index contributed by atoms with van der Waals surface area (Å²) < 4.78 is 0. The van der Waals surface area contributed by atoms with Crippen molar-refractivity contribution in [2.45, 2.75) is 36.4 Å². The number of hydrogen-bond acceptors (Lipinski definition) is 11. The standard InChI is InChI=1S/C27H29N9OS2/c1-18-15-29-26(38-18)32-24-31-25(36-13-11-35(12-14-36)17-19-3-2-10-28-16-19)34-27(33-24)39-22-8-6-21(7-9-22)30-23(37)20-4-5-20/h2-3,6-10,15-16,20H,4-5,11-14,17H2,1H3,(H,30,37)(H,29,31,32,33,34). The molecule has 200 valence electrons. The molecule has 1 amide bonds. The molecule has 0 unspecified atom stereocenters. The van der Waals surface area contributed by atoms with E-state index in [-0.39, 0.29) is 11.8 Å². The smallest absolute Gasteiger partial charge is 0.234 e. The van der Waals surface area contributed by atoms with Gasteiger partial charge < -0.3 is 10.2 Å². The van der Waals surface area contributed by atoms with Gasteiger partial charge in [0.15, 0.2) is 10.3 Å². The molecule has 2 aliphatic rings. The van der Waals surface area contributed by atoms with Gasteiger partial charge in [0.1, 0.15) is 0 Å². The van der Waals surface area contributed by atoms with E-state index in [4.69, 9.17) is 9.97 Å². The second-order valence-corrected chi connectivity index (χ2v) is 11.9. The highest BCUT2D eigenvalue weighted by molar-refractivity contribution is 7.99. The van der Waals surface area contributed by atoms with Crippen LogP contribution in [-0.2, 0) is 11.3 Å². The summed E-state index contributed by atoms with van der Waals surface area (Å²) in [6, 6.07) is 11.9. The normalized spacial score (nSPS) is 15.8. The second kappa shape index (κ2) is 11.6. The highest BCUT2D eigenvalue weighted by Gasteiger charge is 2.29. The van der Waals surface area contributed by atoms with E-state index in [0.717, 1.165) is 66.2 Å². The van der Waals surface area contributed by atoms with Crippen LogP contribution < -0.4 is 15.5 Å². The molecular formula is C27H29N9OS2. The zero-order valence-electron chi connectivity index (χ0n) is 21.6. The quantitative estimate of drug-likeness (QED) is 0.302. The van der Waals surface area contributed by atoms with Crippen molar-refractivity contribution < 1.29 is 4.79 Å². The van der Waals surface area contributed by atoms with Gasteiger partial charge in [-0.1, -0.05) is 6.07 Å². The topological polar surface area (TPSA) is 112 Å². The number of rotatable bonds is 9. The fourth-order valence-electron chi connectivity index (χ4n) is 4.25. The third-order valence-electron chi connectivity index (χ3n) is 6.51. The van der Waals surface area contributed by atoms with Crippen molar-refractivity contribution in [2.24, 2.45) is 5.92 Å². The Balaban J connectivity index is 1.16. The Morgan fingerprint density at radius 1 is 1.05 bits per heavy atom. The Kier molecular flexibility index (Phi) is 7.66. The number of nitrogens with zero attached hydrogens (tertiary/aromatic N) is 7. The van der Waals surface area contributed by atoms with E-state index < -0.39 is 0 Å². The van der Waals surface area contributed by atoms with Crippen LogP contribution in [0.4, 0.5) is 22.7 Å². The van der Waals surface area contributed by atoms with Crippen LogP contribution in [0.25, 0.3) is 0 Å². The van der Waals surface area contributed by atoms with Crippen LogP contribution in [0, 0.1) is 12.8 Å². The van der Waals surface area contributed by atoms with Gasteiger partial charge in [0.05, 0.1) is 0 Å². The number of carbonyl (C=O) groups excluding carboxylic acids is 1. The first-order valence-electron chi connectivity index (χ1n) is 13.0. The van der Waals surface area contributed by atoms with Gasteiger partial charge in [0.25, 0.3) is 0 Å². The minimum absolute atomic E-state index is 0.103. The van der Waals surface area contributed by atoms with E-state index in [1.165, 1.54) is 17.3 Å². The molecular weight excluding hydrogens is 530 g/mol. The van der Waals surface area contributed by atoms with Crippen molar-refractivity contribution in [1.82, 2.24) is 29.8 Å². The lowest BCUT2D eigenvalue weighted by molar-refractivity contribution is -0.117. The van der Waals surface area contributed by atoms with Gasteiger partial charge in [-0.25, -0.2) is 4.98 Å². The molecule has 0 radical (unpaired) electrons. The fourth-order valence-corrected chi connectivity index (χ4v) is 5.65. The van der Waals surface area contributed by atoms with Crippen LogP contribution in [0.15, 0.2) is 65.0 Å². The number of hydrogen-bond donors (Lipinski definition) is 2. The van der Waals surface area contributed by atoms with E-state index in [1.54, 1.807) is 17.5 Å². The summed E-state index contributed by atoms with van der Waals surface area (Å²) in [6.45, 7) is 6.36. The van der Waals surface area contributed by atoms with Crippen LogP contribution in [0.3, 0.4) is 0 Å². The van der Waals surface area contributed by atoms with Gasteiger partial charge in [-0.3, -0.25) is 20.0 Å². The third-order valence-corrected chi connectivity index (χ3v) is 8.21. The number of pyridine rings is 1. The van der Waals surface area contributed by atoms with Crippen molar-refractivity contribution in [3.63, 3.8) is 0 Å². The molecule has 12 heteroatoms. The predicted octanol–water partition coefficient (Wildman–Crippen LogP) is 4.60. The number of aryl methyl sites for hydroxylation is 1. The van der Waals surface area contributed by atoms with E-state index >= 15 is 0 Å². The Labute approximate surface area is 235 Å². The molecule has 4 aromatic rings. The molecule has 0 spiro atoms. The lowest BCUT2D eigenvalue weighted by Crippen LogP contribution is -2.46. The van der Waals surface area contributed by atoms with Gasteiger partial charge in [-0.15, -0.1) is 11.3 Å². The Morgan fingerprint density at radius 3 is 2.56 bits per heavy atom. The van der Waals surface area contributed by atoms with Crippen molar-refractivity contribution in [3.05, 3.63) is 65.4 Å². The average Bonchev–Trinajstić information content (AvgIpc) is 3.73. The molecule has 2 N–H and O–H groups in total. The number of piperazine rings is 1. The Morgan fingerprint density at radius 2 is 1.87 bits per heavy atom. The number of amides is 1. The molecule has 1 aliphatic heterocycles. The summed E-state index contributed by atoms with van der Waals surface area (Å²) in [5.41, 5.74) is 2.02. The molecule has 39 heavy (non-hydrogen) atoms. The monoisotopic (exact) mass is 559 g/mol. The highest BCUT2D eigenvalue weighted by Crippen LogP contribution is 2.32. The van der Waals surface area contributed by atoms with E-state index in [1.807, 2.05) is 49.6 Å². The summed E-state index contributed by atoms with van der Waals surface area (Å²) >= 11 is 3.03. The number of carbonyl (C=O) groups is 1. The number of thiazole rings is 1. The molecule has 0 bridgehead atoms. The Hall–Kier alpha value is -3.61. The number of aromatic nitrogens is 5. The minimum Gasteiger partial charge on any atom is -0.338 e. The van der Waals surface area contributed by atoms with Crippen LogP contribution in [-0.4, -0.2) is 61.9 Å². The molecule has 10 nitrogen and oxygen atoms in total. The zero-order valence-corrected chi connectivity index (χ0v) is 23.2. The van der Waals surface area contributed by atoms with Gasteiger partial charge in [0.2, 0.25) is 17.8 Å². The highest BCUT2D eigenvalue weighted by atomic mass is 32.2. The van der Waals surface area contributed by atoms with Crippen molar-refractivity contribution >= 4 is 51.7 Å². The second-order valence-electron chi connectivity index (χ2n) is 9.66. The third kappa shape index (κ3) is 6.88. The lowest BCUT2D eigenvalue weighted by atomic mass is 10.2.